The van der Waals surface area contributed by atoms with Crippen LogP contribution in [-0.4, -0.2) is 30.6 Å². The Morgan fingerprint density at radius 1 is 1.18 bits per heavy atom. The molecule has 2 N–H and O–H groups in total. The van der Waals surface area contributed by atoms with E-state index in [4.69, 9.17) is 0 Å². The molecule has 7 heteroatoms. The monoisotopic (exact) mass is 374 g/mol. The van der Waals surface area contributed by atoms with Crippen molar-refractivity contribution < 1.29 is 4.79 Å². The summed E-state index contributed by atoms with van der Waals surface area (Å²) >= 11 is 0. The summed E-state index contributed by atoms with van der Waals surface area (Å²) in [5.41, 5.74) is 4.00. The molecule has 0 saturated carbocycles. The highest BCUT2D eigenvalue weighted by atomic mass is 16.1. The molecule has 0 spiro atoms. The second kappa shape index (κ2) is 8.04. The zero-order valence-electron chi connectivity index (χ0n) is 15.7. The van der Waals surface area contributed by atoms with Gasteiger partial charge in [0.25, 0.3) is 0 Å². The number of amides is 1. The summed E-state index contributed by atoms with van der Waals surface area (Å²) in [6.45, 7) is 2.38. The third kappa shape index (κ3) is 4.25. The van der Waals surface area contributed by atoms with Crippen LogP contribution in [0.1, 0.15) is 18.3 Å². The fourth-order valence-electron chi connectivity index (χ4n) is 3.15. The Hall–Kier alpha value is -3.48. The van der Waals surface area contributed by atoms with Crippen molar-refractivity contribution in [3.8, 4) is 0 Å². The van der Waals surface area contributed by atoms with E-state index in [0.717, 1.165) is 41.0 Å². The molecule has 28 heavy (non-hydrogen) atoms. The number of hydrogen-bond acceptors (Lipinski definition) is 4. The Bertz CT molecular complexity index is 1040. The Labute approximate surface area is 162 Å². The number of hydrogen-bond donors (Lipinski definition) is 2. The number of rotatable bonds is 7. The quantitative estimate of drug-likeness (QED) is 0.520. The first-order valence-electron chi connectivity index (χ1n) is 9.33. The highest BCUT2D eigenvalue weighted by molar-refractivity contribution is 5.92. The lowest BCUT2D eigenvalue weighted by Crippen LogP contribution is -2.24. The van der Waals surface area contributed by atoms with Gasteiger partial charge in [-0.05, 0) is 36.2 Å². The van der Waals surface area contributed by atoms with Crippen molar-refractivity contribution in [1.82, 2.24) is 24.7 Å². The van der Waals surface area contributed by atoms with Crippen molar-refractivity contribution in [3.05, 3.63) is 72.6 Å². The summed E-state index contributed by atoms with van der Waals surface area (Å²) in [5, 5.41) is 7.04. The molecule has 0 unspecified atom stereocenters. The first-order valence-corrected chi connectivity index (χ1v) is 9.33. The van der Waals surface area contributed by atoms with Crippen LogP contribution in [0.25, 0.3) is 11.0 Å². The number of carbonyl (C=O) groups excluding carboxylic acids is 1. The number of para-hydroxylation sites is 2. The van der Waals surface area contributed by atoms with Gasteiger partial charge in [0.15, 0.2) is 0 Å². The number of benzene rings is 2. The van der Waals surface area contributed by atoms with Gasteiger partial charge >= 0.3 is 0 Å². The van der Waals surface area contributed by atoms with Crippen LogP contribution in [-0.2, 0) is 24.2 Å². The van der Waals surface area contributed by atoms with E-state index in [1.54, 1.807) is 11.0 Å². The number of anilines is 1. The first-order chi connectivity index (χ1) is 13.7. The molecule has 2 aromatic carbocycles. The fourth-order valence-corrected chi connectivity index (χ4v) is 3.15. The van der Waals surface area contributed by atoms with Gasteiger partial charge in [0, 0.05) is 12.1 Å². The molecule has 2 heterocycles. The van der Waals surface area contributed by atoms with E-state index in [1.165, 1.54) is 6.33 Å². The van der Waals surface area contributed by atoms with Gasteiger partial charge in [-0.3, -0.25) is 9.48 Å². The average Bonchev–Trinajstić information content (AvgIpc) is 3.35. The van der Waals surface area contributed by atoms with Crippen LogP contribution < -0.4 is 5.32 Å². The zero-order valence-corrected chi connectivity index (χ0v) is 15.7. The minimum Gasteiger partial charge on any atom is -0.342 e. The van der Waals surface area contributed by atoms with Gasteiger partial charge in [0.05, 0.1) is 23.5 Å². The van der Waals surface area contributed by atoms with Gasteiger partial charge in [-0.1, -0.05) is 31.2 Å². The van der Waals surface area contributed by atoms with E-state index in [9.17, 15) is 4.79 Å². The maximum atomic E-state index is 12.4. The smallest absolute Gasteiger partial charge is 0.229 e. The summed E-state index contributed by atoms with van der Waals surface area (Å²) in [4.78, 5) is 24.3. The molecule has 1 atom stereocenters. The van der Waals surface area contributed by atoms with E-state index in [0.29, 0.717) is 6.54 Å². The van der Waals surface area contributed by atoms with Gasteiger partial charge < -0.3 is 10.3 Å². The molecule has 4 aromatic rings. The fraction of sp³-hybridized carbons (Fsp3) is 0.238. The lowest BCUT2D eigenvalue weighted by molar-refractivity contribution is -0.119. The zero-order chi connectivity index (χ0) is 19.3. The molecule has 0 aliphatic heterocycles. The van der Waals surface area contributed by atoms with Crippen molar-refractivity contribution >= 4 is 22.6 Å². The number of aryl methyl sites for hydroxylation is 2. The number of H-pyrrole nitrogens is 1. The lowest BCUT2D eigenvalue weighted by atomic mass is 10.1. The topological polar surface area (TPSA) is 88.5 Å². The van der Waals surface area contributed by atoms with Crippen LogP contribution in [0.3, 0.4) is 0 Å². The van der Waals surface area contributed by atoms with Crippen LogP contribution in [0.15, 0.2) is 61.2 Å². The summed E-state index contributed by atoms with van der Waals surface area (Å²) < 4.78 is 1.66. The average molecular weight is 374 g/mol. The van der Waals surface area contributed by atoms with Crippen LogP contribution >= 0.6 is 0 Å². The van der Waals surface area contributed by atoms with Crippen molar-refractivity contribution in [3.63, 3.8) is 0 Å². The third-order valence-electron chi connectivity index (χ3n) is 4.66. The summed E-state index contributed by atoms with van der Waals surface area (Å²) in [7, 11) is 0. The predicted octanol–water partition coefficient (Wildman–Crippen LogP) is 3.21. The van der Waals surface area contributed by atoms with Crippen molar-refractivity contribution in [1.29, 1.82) is 0 Å². The Morgan fingerprint density at radius 3 is 2.89 bits per heavy atom. The number of carbonyl (C=O) groups is 1. The number of aromatic amines is 1. The van der Waals surface area contributed by atoms with Crippen molar-refractivity contribution in [2.24, 2.45) is 5.92 Å². The van der Waals surface area contributed by atoms with Crippen LogP contribution in [0, 0.1) is 5.92 Å². The minimum absolute atomic E-state index is 0.0371. The number of fused-ring (bicyclic) bond motifs is 1. The highest BCUT2D eigenvalue weighted by Crippen LogP contribution is 2.16. The largest absolute Gasteiger partial charge is 0.342 e. The van der Waals surface area contributed by atoms with E-state index in [-0.39, 0.29) is 11.8 Å². The molecule has 1 amide bonds. The van der Waals surface area contributed by atoms with Crippen LogP contribution in [0.5, 0.6) is 0 Å². The molecule has 4 rings (SSSR count). The van der Waals surface area contributed by atoms with Crippen LogP contribution in [0.2, 0.25) is 0 Å². The van der Waals surface area contributed by atoms with Gasteiger partial charge in [0.1, 0.15) is 18.5 Å². The maximum Gasteiger partial charge on any atom is 0.229 e. The normalized spacial score (nSPS) is 12.2. The predicted molar refractivity (Wildman–Crippen MR) is 108 cm³/mol. The Kier molecular flexibility index (Phi) is 5.14. The molecule has 0 bridgehead atoms. The second-order valence-corrected chi connectivity index (χ2v) is 6.91. The Balaban J connectivity index is 1.36. The lowest BCUT2D eigenvalue weighted by Gasteiger charge is -2.12. The van der Waals surface area contributed by atoms with E-state index in [2.05, 4.69) is 31.4 Å². The molecule has 2 aromatic heterocycles. The molecule has 0 aliphatic rings. The second-order valence-electron chi connectivity index (χ2n) is 6.91. The van der Waals surface area contributed by atoms with Crippen LogP contribution in [0.4, 0.5) is 5.69 Å². The molecular formula is C21H22N6O. The van der Waals surface area contributed by atoms with Gasteiger partial charge in [-0.25, -0.2) is 9.97 Å². The highest BCUT2D eigenvalue weighted by Gasteiger charge is 2.14. The molecule has 0 aliphatic carbocycles. The molecule has 0 saturated heterocycles. The van der Waals surface area contributed by atoms with E-state index < -0.39 is 0 Å². The van der Waals surface area contributed by atoms with Crippen molar-refractivity contribution in [2.75, 3.05) is 5.32 Å². The number of aromatic nitrogens is 5. The number of nitrogens with zero attached hydrogens (tertiary/aromatic N) is 4. The van der Waals surface area contributed by atoms with Gasteiger partial charge in [-0.15, -0.1) is 0 Å². The van der Waals surface area contributed by atoms with E-state index in [1.807, 2.05) is 49.4 Å². The molecule has 0 radical (unpaired) electrons. The standard InChI is InChI=1S/C21H22N6O/c1-15(12-27-14-22-13-23-27)21(28)24-17-6-4-5-16(11-17)9-10-20-25-18-7-2-3-8-19(18)26-20/h2-8,11,13-15H,9-10,12H2,1H3,(H,24,28)(H,25,26)/t15-/m0/s1. The number of imidazole rings is 1. The first kappa shape index (κ1) is 17.9. The third-order valence-corrected chi connectivity index (χ3v) is 4.66. The molecule has 142 valence electrons. The summed E-state index contributed by atoms with van der Waals surface area (Å²) in [5.74, 6) is 0.725. The van der Waals surface area contributed by atoms with Gasteiger partial charge in [0.2, 0.25) is 5.91 Å². The van der Waals surface area contributed by atoms with Crippen molar-refractivity contribution in [2.45, 2.75) is 26.3 Å². The maximum absolute atomic E-state index is 12.4. The Morgan fingerprint density at radius 2 is 2.07 bits per heavy atom. The summed E-state index contributed by atoms with van der Waals surface area (Å²) in [6.07, 6.45) is 4.74. The van der Waals surface area contributed by atoms with Gasteiger partial charge in [-0.2, -0.15) is 5.10 Å². The number of nitrogens with one attached hydrogen (secondary N) is 2. The molecule has 7 nitrogen and oxygen atoms in total. The molecule has 0 fully saturated rings. The van der Waals surface area contributed by atoms with E-state index >= 15 is 0 Å². The SMILES string of the molecule is C[C@@H](Cn1cncn1)C(=O)Nc1cccc(CCc2nc3ccccc3[nH]2)c1. The summed E-state index contributed by atoms with van der Waals surface area (Å²) in [6, 6.07) is 16.0. The molecular weight excluding hydrogens is 352 g/mol. The minimum atomic E-state index is -0.207.